The van der Waals surface area contributed by atoms with Gasteiger partial charge in [-0.25, -0.2) is 4.98 Å². The van der Waals surface area contributed by atoms with E-state index in [2.05, 4.69) is 11.1 Å². The second-order valence-electron chi connectivity index (χ2n) is 6.59. The summed E-state index contributed by atoms with van der Waals surface area (Å²) in [6.07, 6.45) is 3.47. The molecule has 4 aromatic rings. The van der Waals surface area contributed by atoms with Crippen molar-refractivity contribution in [3.8, 4) is 23.0 Å². The first-order valence-electron chi connectivity index (χ1n) is 9.21. The highest BCUT2D eigenvalue weighted by atomic mass is 32.1. The number of thiazole rings is 1. The summed E-state index contributed by atoms with van der Waals surface area (Å²) in [5.74, 6) is 0. The van der Waals surface area contributed by atoms with Crippen molar-refractivity contribution in [1.29, 1.82) is 5.26 Å². The van der Waals surface area contributed by atoms with Gasteiger partial charge >= 0.3 is 0 Å². The zero-order valence-corrected chi connectivity index (χ0v) is 17.1. The Morgan fingerprint density at radius 3 is 2.47 bits per heavy atom. The summed E-state index contributed by atoms with van der Waals surface area (Å²) in [4.78, 5) is 25.5. The van der Waals surface area contributed by atoms with Crippen LogP contribution in [-0.2, 0) is 0 Å². The number of nitro benzene ring substituents is 2. The molecular formula is C22H13N5O4S. The van der Waals surface area contributed by atoms with Gasteiger partial charge in [0.25, 0.3) is 11.4 Å². The predicted octanol–water partition coefficient (Wildman–Crippen LogP) is 5.48. The fraction of sp³-hybridized carbons (Fsp3) is 0. The van der Waals surface area contributed by atoms with Crippen LogP contribution in [0.25, 0.3) is 28.6 Å². The van der Waals surface area contributed by atoms with Gasteiger partial charge in [-0.1, -0.05) is 12.1 Å². The van der Waals surface area contributed by atoms with Crippen LogP contribution in [0.15, 0.2) is 72.2 Å². The average Bonchev–Trinajstić information content (AvgIpc) is 3.47. The van der Waals surface area contributed by atoms with E-state index in [0.717, 1.165) is 0 Å². The summed E-state index contributed by atoms with van der Waals surface area (Å²) < 4.78 is 1.80. The van der Waals surface area contributed by atoms with E-state index in [-0.39, 0.29) is 11.4 Å². The van der Waals surface area contributed by atoms with E-state index in [0.29, 0.717) is 33.2 Å². The molecule has 0 bridgehead atoms. The van der Waals surface area contributed by atoms with Crippen LogP contribution >= 0.6 is 11.3 Å². The predicted molar refractivity (Wildman–Crippen MR) is 120 cm³/mol. The number of nitrogens with zero attached hydrogens (tertiary/aromatic N) is 5. The van der Waals surface area contributed by atoms with E-state index < -0.39 is 9.85 Å². The zero-order valence-electron chi connectivity index (χ0n) is 16.3. The van der Waals surface area contributed by atoms with E-state index in [1.165, 1.54) is 35.6 Å². The first-order valence-corrected chi connectivity index (χ1v) is 10.1. The fourth-order valence-electron chi connectivity index (χ4n) is 3.08. The van der Waals surface area contributed by atoms with E-state index in [9.17, 15) is 25.5 Å². The number of allylic oxidation sites excluding steroid dienone is 1. The molecular weight excluding hydrogens is 430 g/mol. The second kappa shape index (κ2) is 8.63. The van der Waals surface area contributed by atoms with Gasteiger partial charge in [-0.2, -0.15) is 5.26 Å². The van der Waals surface area contributed by atoms with Crippen LogP contribution in [0.2, 0.25) is 0 Å². The lowest BCUT2D eigenvalue weighted by molar-refractivity contribution is -0.385. The lowest BCUT2D eigenvalue weighted by Crippen LogP contribution is -1.96. The molecule has 0 saturated heterocycles. The van der Waals surface area contributed by atoms with Crippen molar-refractivity contribution in [1.82, 2.24) is 9.55 Å². The minimum absolute atomic E-state index is 0.00724. The molecule has 156 valence electrons. The summed E-state index contributed by atoms with van der Waals surface area (Å²) in [5.41, 5.74) is 2.83. The van der Waals surface area contributed by atoms with Gasteiger partial charge in [0, 0.05) is 52.8 Å². The Bertz CT molecular complexity index is 1400. The van der Waals surface area contributed by atoms with E-state index >= 15 is 0 Å². The van der Waals surface area contributed by atoms with Crippen molar-refractivity contribution in [3.05, 3.63) is 103 Å². The van der Waals surface area contributed by atoms with Crippen LogP contribution in [0.3, 0.4) is 0 Å². The molecule has 10 heteroatoms. The highest BCUT2D eigenvalue weighted by Gasteiger charge is 2.13. The normalized spacial score (nSPS) is 11.2. The molecule has 0 saturated carbocycles. The molecule has 0 N–H and O–H groups in total. The molecule has 2 aromatic heterocycles. The van der Waals surface area contributed by atoms with Crippen molar-refractivity contribution in [2.24, 2.45) is 0 Å². The first-order chi connectivity index (χ1) is 15.5. The maximum Gasteiger partial charge on any atom is 0.270 e. The molecule has 2 heterocycles. The maximum atomic E-state index is 11.0. The van der Waals surface area contributed by atoms with Crippen molar-refractivity contribution in [3.63, 3.8) is 0 Å². The number of aromatic nitrogens is 2. The molecule has 0 amide bonds. The topological polar surface area (TPSA) is 128 Å². The largest absolute Gasteiger partial charge is 0.317 e. The Labute approximate surface area is 185 Å². The van der Waals surface area contributed by atoms with Gasteiger partial charge in [0.1, 0.15) is 11.1 Å². The molecule has 0 unspecified atom stereocenters. The van der Waals surface area contributed by atoms with Crippen molar-refractivity contribution in [2.75, 3.05) is 0 Å². The molecule has 2 aromatic carbocycles. The lowest BCUT2D eigenvalue weighted by atomic mass is 10.1. The Morgan fingerprint density at radius 1 is 1.03 bits per heavy atom. The number of non-ortho nitro benzene ring substituents is 2. The van der Waals surface area contributed by atoms with Crippen molar-refractivity contribution >= 4 is 34.4 Å². The smallest absolute Gasteiger partial charge is 0.270 e. The van der Waals surface area contributed by atoms with E-state index in [1.807, 2.05) is 6.07 Å². The molecule has 0 spiro atoms. The maximum absolute atomic E-state index is 11.0. The second-order valence-corrected chi connectivity index (χ2v) is 7.45. The van der Waals surface area contributed by atoms with Crippen LogP contribution in [0, 0.1) is 31.6 Å². The number of hydrogen-bond acceptors (Lipinski definition) is 7. The number of benzene rings is 2. The number of nitro groups is 2. The lowest BCUT2D eigenvalue weighted by Gasteiger charge is -2.06. The molecule has 0 aliphatic rings. The Kier molecular flexibility index (Phi) is 5.57. The number of rotatable bonds is 6. The molecule has 32 heavy (non-hydrogen) atoms. The highest BCUT2D eigenvalue weighted by molar-refractivity contribution is 7.11. The van der Waals surface area contributed by atoms with Gasteiger partial charge in [-0.3, -0.25) is 20.2 Å². The minimum atomic E-state index is -0.469. The average molecular weight is 443 g/mol. The molecule has 0 atom stereocenters. The Balaban J connectivity index is 1.67. The summed E-state index contributed by atoms with van der Waals surface area (Å²) in [6, 6.07) is 18.0. The van der Waals surface area contributed by atoms with Crippen molar-refractivity contribution < 1.29 is 9.85 Å². The highest BCUT2D eigenvalue weighted by Crippen LogP contribution is 2.29. The third-order valence-corrected chi connectivity index (χ3v) is 5.49. The molecule has 4 rings (SSSR count). The van der Waals surface area contributed by atoms with Gasteiger partial charge in [0.2, 0.25) is 0 Å². The van der Waals surface area contributed by atoms with Crippen LogP contribution in [0.5, 0.6) is 0 Å². The standard InChI is InChI=1S/C22H13N5O4S/c23-13-16(22-24-21(14-32-22)15-3-1-4-20(11-15)27(30)31)12-19-5-2-10-25(19)17-6-8-18(9-7-17)26(28)29/h1-12,14H/b16-12-. The van der Waals surface area contributed by atoms with Gasteiger partial charge < -0.3 is 4.57 Å². The summed E-state index contributed by atoms with van der Waals surface area (Å²) in [7, 11) is 0. The van der Waals surface area contributed by atoms with Gasteiger partial charge in [-0.15, -0.1) is 11.3 Å². The van der Waals surface area contributed by atoms with Gasteiger partial charge in [0.05, 0.1) is 21.1 Å². The zero-order chi connectivity index (χ0) is 22.7. The molecule has 9 nitrogen and oxygen atoms in total. The van der Waals surface area contributed by atoms with Crippen LogP contribution < -0.4 is 0 Å². The van der Waals surface area contributed by atoms with Crippen LogP contribution in [-0.4, -0.2) is 19.4 Å². The third kappa shape index (κ3) is 4.14. The first kappa shape index (κ1) is 20.6. The van der Waals surface area contributed by atoms with E-state index in [4.69, 9.17) is 0 Å². The number of hydrogen-bond donors (Lipinski definition) is 0. The summed E-state index contributed by atoms with van der Waals surface area (Å²) in [6.45, 7) is 0. The molecule has 0 radical (unpaired) electrons. The Morgan fingerprint density at radius 2 is 1.78 bits per heavy atom. The number of nitriles is 1. The quantitative estimate of drug-likeness (QED) is 0.220. The Hall–Kier alpha value is -4.62. The third-order valence-electron chi connectivity index (χ3n) is 4.62. The summed E-state index contributed by atoms with van der Waals surface area (Å²) in [5, 5.41) is 33.8. The molecule has 0 fully saturated rings. The summed E-state index contributed by atoms with van der Waals surface area (Å²) >= 11 is 1.26. The minimum Gasteiger partial charge on any atom is -0.317 e. The monoisotopic (exact) mass is 443 g/mol. The molecule has 0 aliphatic heterocycles. The van der Waals surface area contributed by atoms with Gasteiger partial charge in [0.15, 0.2) is 0 Å². The molecule has 0 aliphatic carbocycles. The SMILES string of the molecule is N#C/C(=C/c1cccn1-c1ccc([N+](=O)[O-])cc1)c1nc(-c2cccc([N+](=O)[O-])c2)cs1. The van der Waals surface area contributed by atoms with Crippen LogP contribution in [0.4, 0.5) is 11.4 Å². The van der Waals surface area contributed by atoms with Gasteiger partial charge in [-0.05, 0) is 30.3 Å². The van der Waals surface area contributed by atoms with Crippen LogP contribution in [0.1, 0.15) is 10.7 Å². The van der Waals surface area contributed by atoms with Crippen molar-refractivity contribution in [2.45, 2.75) is 0 Å². The van der Waals surface area contributed by atoms with E-state index in [1.54, 1.807) is 52.6 Å². The fourth-order valence-corrected chi connectivity index (χ4v) is 3.87.